The van der Waals surface area contributed by atoms with Gasteiger partial charge in [-0.2, -0.15) is 5.10 Å². The third-order valence-electron chi connectivity index (χ3n) is 3.72. The van der Waals surface area contributed by atoms with Crippen molar-refractivity contribution in [2.24, 2.45) is 0 Å². The molecule has 1 fully saturated rings. The number of hydrogen-bond donors (Lipinski definition) is 0. The Bertz CT molecular complexity index is 781. The minimum Gasteiger partial charge on any atom is -0.378 e. The van der Waals surface area contributed by atoms with E-state index in [0.717, 1.165) is 6.07 Å². The molecule has 7 heteroatoms. The van der Waals surface area contributed by atoms with Crippen molar-refractivity contribution in [3.8, 4) is 0 Å². The topological polar surface area (TPSA) is 64.4 Å². The lowest BCUT2D eigenvalue weighted by atomic mass is 10.1. The van der Waals surface area contributed by atoms with Crippen LogP contribution in [0, 0.1) is 5.82 Å². The van der Waals surface area contributed by atoms with Crippen LogP contribution in [-0.4, -0.2) is 46.9 Å². The second-order valence-electron chi connectivity index (χ2n) is 5.06. The summed E-state index contributed by atoms with van der Waals surface area (Å²) in [5.41, 5.74) is -0.176. The molecule has 0 bridgehead atoms. The van der Waals surface area contributed by atoms with E-state index in [2.05, 4.69) is 5.10 Å². The number of carbonyl (C=O) groups excluding carboxylic acids is 1. The van der Waals surface area contributed by atoms with Crippen molar-refractivity contribution in [1.29, 1.82) is 0 Å². The van der Waals surface area contributed by atoms with E-state index in [0.29, 0.717) is 38.4 Å². The normalized spacial score (nSPS) is 15.3. The molecular formula is C15H16FN3O3. The fraction of sp³-hybridized carbons (Fsp3) is 0.400. The van der Waals surface area contributed by atoms with Gasteiger partial charge in [0, 0.05) is 19.6 Å². The molecule has 1 aliphatic rings. The number of amides is 1. The maximum absolute atomic E-state index is 13.5. The summed E-state index contributed by atoms with van der Waals surface area (Å²) < 4.78 is 20.2. The molecule has 1 amide bonds. The number of ether oxygens (including phenoxy) is 1. The number of aryl methyl sites for hydroxylation is 1. The van der Waals surface area contributed by atoms with Crippen molar-refractivity contribution < 1.29 is 13.9 Å². The number of nitrogens with zero attached hydrogens (tertiary/aromatic N) is 3. The van der Waals surface area contributed by atoms with Crippen molar-refractivity contribution in [3.63, 3.8) is 0 Å². The first-order valence-corrected chi connectivity index (χ1v) is 7.19. The molecule has 6 nitrogen and oxygen atoms in total. The van der Waals surface area contributed by atoms with Gasteiger partial charge in [-0.1, -0.05) is 0 Å². The molecule has 0 atom stereocenters. The van der Waals surface area contributed by atoms with Gasteiger partial charge in [0.1, 0.15) is 5.82 Å². The minimum atomic E-state index is -0.532. The smallest absolute Gasteiger partial charge is 0.278 e. The zero-order valence-corrected chi connectivity index (χ0v) is 12.2. The monoisotopic (exact) mass is 305 g/mol. The first-order valence-electron chi connectivity index (χ1n) is 7.19. The highest BCUT2D eigenvalue weighted by Gasteiger charge is 2.24. The Morgan fingerprint density at radius 2 is 2.09 bits per heavy atom. The molecule has 0 saturated carbocycles. The lowest BCUT2D eigenvalue weighted by molar-refractivity contribution is 0.0296. The van der Waals surface area contributed by atoms with Gasteiger partial charge in [-0.25, -0.2) is 4.39 Å². The largest absolute Gasteiger partial charge is 0.378 e. The summed E-state index contributed by atoms with van der Waals surface area (Å²) >= 11 is 0. The van der Waals surface area contributed by atoms with Gasteiger partial charge in [0.15, 0.2) is 5.69 Å². The van der Waals surface area contributed by atoms with Crippen LogP contribution in [0.5, 0.6) is 0 Å². The number of fused-ring (bicyclic) bond motifs is 1. The number of hydrogen-bond acceptors (Lipinski definition) is 4. The predicted octanol–water partition coefficient (Wildman–Crippen LogP) is 1.03. The minimum absolute atomic E-state index is 0.165. The third-order valence-corrected chi connectivity index (χ3v) is 3.72. The van der Waals surface area contributed by atoms with Crippen molar-refractivity contribution in [3.05, 3.63) is 39.9 Å². The average Bonchev–Trinajstić information content (AvgIpc) is 2.56. The number of benzene rings is 1. The van der Waals surface area contributed by atoms with Crippen LogP contribution in [0.4, 0.5) is 4.39 Å². The van der Waals surface area contributed by atoms with Crippen molar-refractivity contribution in [2.45, 2.75) is 13.5 Å². The maximum Gasteiger partial charge on any atom is 0.278 e. The molecular weight excluding hydrogens is 289 g/mol. The van der Waals surface area contributed by atoms with Crippen LogP contribution in [0.2, 0.25) is 0 Å². The zero-order valence-electron chi connectivity index (χ0n) is 12.2. The first-order chi connectivity index (χ1) is 10.6. The molecule has 1 aromatic carbocycles. The summed E-state index contributed by atoms with van der Waals surface area (Å²) in [7, 11) is 0. The summed E-state index contributed by atoms with van der Waals surface area (Å²) in [6, 6.07) is 3.94. The maximum atomic E-state index is 13.5. The van der Waals surface area contributed by atoms with Gasteiger partial charge in [0.2, 0.25) is 5.43 Å². The van der Waals surface area contributed by atoms with Crippen LogP contribution >= 0.6 is 0 Å². The lowest BCUT2D eigenvalue weighted by Gasteiger charge is -2.26. The lowest BCUT2D eigenvalue weighted by Crippen LogP contribution is -2.43. The Hall–Kier alpha value is -2.28. The van der Waals surface area contributed by atoms with E-state index >= 15 is 0 Å². The van der Waals surface area contributed by atoms with E-state index in [4.69, 9.17) is 4.74 Å². The van der Waals surface area contributed by atoms with Crippen LogP contribution in [0.15, 0.2) is 23.0 Å². The summed E-state index contributed by atoms with van der Waals surface area (Å²) in [4.78, 5) is 26.6. The quantitative estimate of drug-likeness (QED) is 0.831. The standard InChI is InChI=1S/C15H16FN3O3/c1-2-19-12-4-3-10(16)9-11(12)14(20)13(17-19)15(21)18-5-7-22-8-6-18/h3-4,9H,2,5-8H2,1H3. The number of halogens is 1. The molecule has 1 aliphatic heterocycles. The van der Waals surface area contributed by atoms with E-state index in [1.165, 1.54) is 12.1 Å². The molecule has 1 saturated heterocycles. The van der Waals surface area contributed by atoms with E-state index in [1.54, 1.807) is 9.58 Å². The van der Waals surface area contributed by atoms with Crippen LogP contribution in [0.3, 0.4) is 0 Å². The van der Waals surface area contributed by atoms with E-state index in [-0.39, 0.29) is 11.1 Å². The van der Waals surface area contributed by atoms with Gasteiger partial charge in [-0.15, -0.1) is 0 Å². The van der Waals surface area contributed by atoms with Gasteiger partial charge in [-0.05, 0) is 25.1 Å². The fourth-order valence-corrected chi connectivity index (χ4v) is 2.56. The van der Waals surface area contributed by atoms with Crippen molar-refractivity contribution >= 4 is 16.8 Å². The van der Waals surface area contributed by atoms with Gasteiger partial charge in [0.25, 0.3) is 5.91 Å². The van der Waals surface area contributed by atoms with E-state index in [9.17, 15) is 14.0 Å². The predicted molar refractivity (Wildman–Crippen MR) is 78.4 cm³/mol. The SMILES string of the molecule is CCn1nc(C(=O)N2CCOCC2)c(=O)c2cc(F)ccc21. The highest BCUT2D eigenvalue weighted by Crippen LogP contribution is 2.13. The van der Waals surface area contributed by atoms with Gasteiger partial charge in [0.05, 0.1) is 24.1 Å². The Morgan fingerprint density at radius 3 is 2.77 bits per heavy atom. The van der Waals surface area contributed by atoms with Crippen LogP contribution in [-0.2, 0) is 11.3 Å². The number of rotatable bonds is 2. The second-order valence-corrected chi connectivity index (χ2v) is 5.06. The highest BCUT2D eigenvalue weighted by atomic mass is 19.1. The first kappa shape index (κ1) is 14.6. The van der Waals surface area contributed by atoms with Gasteiger partial charge >= 0.3 is 0 Å². The average molecular weight is 305 g/mol. The van der Waals surface area contributed by atoms with Crippen molar-refractivity contribution in [1.82, 2.24) is 14.7 Å². The molecule has 0 unspecified atom stereocenters. The molecule has 2 aromatic rings. The fourth-order valence-electron chi connectivity index (χ4n) is 2.56. The molecule has 2 heterocycles. The van der Waals surface area contributed by atoms with Crippen LogP contribution < -0.4 is 5.43 Å². The summed E-state index contributed by atoms with van der Waals surface area (Å²) in [6.45, 7) is 4.06. The van der Waals surface area contributed by atoms with Gasteiger partial charge in [-0.3, -0.25) is 14.3 Å². The van der Waals surface area contributed by atoms with Crippen LogP contribution in [0.1, 0.15) is 17.4 Å². The molecule has 1 aromatic heterocycles. The highest BCUT2D eigenvalue weighted by molar-refractivity contribution is 5.95. The van der Waals surface area contributed by atoms with Gasteiger partial charge < -0.3 is 9.64 Å². The third kappa shape index (κ3) is 2.48. The van der Waals surface area contributed by atoms with E-state index in [1.807, 2.05) is 6.92 Å². The molecule has 0 spiro atoms. The van der Waals surface area contributed by atoms with Crippen LogP contribution in [0.25, 0.3) is 10.9 Å². The number of carbonyl (C=O) groups is 1. The Balaban J connectivity index is 2.15. The molecule has 3 rings (SSSR count). The zero-order chi connectivity index (χ0) is 15.7. The molecule has 0 radical (unpaired) electrons. The summed E-state index contributed by atoms with van der Waals surface area (Å²) in [6.07, 6.45) is 0. The number of aromatic nitrogens is 2. The molecule has 0 N–H and O–H groups in total. The Morgan fingerprint density at radius 1 is 1.36 bits per heavy atom. The summed E-state index contributed by atoms with van der Waals surface area (Å²) in [5, 5.41) is 4.35. The summed E-state index contributed by atoms with van der Waals surface area (Å²) in [5.74, 6) is -0.940. The Labute approximate surface area is 126 Å². The Kier molecular flexibility index (Phi) is 3.89. The second kappa shape index (κ2) is 5.84. The number of morpholine rings is 1. The van der Waals surface area contributed by atoms with Crippen molar-refractivity contribution in [2.75, 3.05) is 26.3 Å². The molecule has 22 heavy (non-hydrogen) atoms. The molecule has 0 aliphatic carbocycles. The molecule has 116 valence electrons. The van der Waals surface area contributed by atoms with E-state index < -0.39 is 17.2 Å².